The maximum absolute atomic E-state index is 6.13. The van der Waals surface area contributed by atoms with E-state index < -0.39 is 0 Å². The Kier molecular flexibility index (Phi) is 3.87. The van der Waals surface area contributed by atoms with Gasteiger partial charge in [-0.1, -0.05) is 48.5 Å². The molecule has 0 amide bonds. The molecule has 0 aliphatic heterocycles. The van der Waals surface area contributed by atoms with E-state index >= 15 is 0 Å². The topological polar surface area (TPSA) is 40.2 Å². The number of fused-ring (bicyclic) bond motifs is 2. The number of rotatable bonds is 5. The summed E-state index contributed by atoms with van der Waals surface area (Å²) in [5, 5.41) is 2.31. The van der Waals surface area contributed by atoms with E-state index in [1.165, 1.54) is 5.39 Å². The molecule has 5 aromatic rings. The second kappa shape index (κ2) is 6.65. The molecular formula is C23H18N2O2. The third-order valence-electron chi connectivity index (χ3n) is 4.72. The lowest BCUT2D eigenvalue weighted by atomic mass is 10.1. The number of ether oxygens (including phenoxy) is 1. The highest BCUT2D eigenvalue weighted by molar-refractivity contribution is 5.88. The molecule has 3 aromatic carbocycles. The first kappa shape index (κ1) is 15.7. The molecule has 0 atom stereocenters. The lowest BCUT2D eigenvalue weighted by molar-refractivity contribution is 0.304. The molecule has 0 aliphatic rings. The Labute approximate surface area is 156 Å². The normalized spacial score (nSPS) is 11.3. The first-order valence-electron chi connectivity index (χ1n) is 9.00. The van der Waals surface area contributed by atoms with Crippen LogP contribution in [-0.4, -0.2) is 16.2 Å². The largest absolute Gasteiger partial charge is 0.491 e. The van der Waals surface area contributed by atoms with E-state index in [0.717, 1.165) is 33.8 Å². The number of para-hydroxylation sites is 2. The van der Waals surface area contributed by atoms with Crippen LogP contribution in [0.1, 0.15) is 0 Å². The van der Waals surface area contributed by atoms with Crippen LogP contribution >= 0.6 is 0 Å². The summed E-state index contributed by atoms with van der Waals surface area (Å²) in [4.78, 5) is 4.74. The van der Waals surface area contributed by atoms with Gasteiger partial charge >= 0.3 is 0 Å². The third kappa shape index (κ3) is 2.85. The summed E-state index contributed by atoms with van der Waals surface area (Å²) in [6, 6.07) is 26.3. The average molecular weight is 354 g/mol. The average Bonchev–Trinajstić information content (AvgIpc) is 3.36. The number of furan rings is 1. The molecule has 0 aliphatic carbocycles. The Morgan fingerprint density at radius 1 is 0.852 bits per heavy atom. The summed E-state index contributed by atoms with van der Waals surface area (Å²) in [6.45, 7) is 1.22. The molecule has 2 heterocycles. The fourth-order valence-corrected chi connectivity index (χ4v) is 3.46. The molecule has 0 saturated heterocycles. The van der Waals surface area contributed by atoms with E-state index in [4.69, 9.17) is 14.1 Å². The summed E-state index contributed by atoms with van der Waals surface area (Å²) in [5.74, 6) is 2.48. The van der Waals surface area contributed by atoms with Gasteiger partial charge in [-0.15, -0.1) is 0 Å². The molecule has 0 bridgehead atoms. The smallest absolute Gasteiger partial charge is 0.177 e. The van der Waals surface area contributed by atoms with Gasteiger partial charge in [-0.3, -0.25) is 0 Å². The number of hydrogen-bond acceptors (Lipinski definition) is 3. The second-order valence-electron chi connectivity index (χ2n) is 6.38. The van der Waals surface area contributed by atoms with E-state index in [-0.39, 0.29) is 0 Å². The van der Waals surface area contributed by atoms with Crippen LogP contribution in [0, 0.1) is 0 Å². The van der Waals surface area contributed by atoms with Crippen molar-refractivity contribution in [2.24, 2.45) is 0 Å². The SMILES string of the molecule is c1coc(-c2nc3ccccc3n2CCOc2cccc3ccccc23)c1. The van der Waals surface area contributed by atoms with Crippen LogP contribution in [0.15, 0.2) is 89.5 Å². The monoisotopic (exact) mass is 354 g/mol. The highest BCUT2D eigenvalue weighted by Gasteiger charge is 2.14. The molecule has 4 nitrogen and oxygen atoms in total. The van der Waals surface area contributed by atoms with Crippen LogP contribution < -0.4 is 4.74 Å². The quantitative estimate of drug-likeness (QED) is 0.417. The highest BCUT2D eigenvalue weighted by Crippen LogP contribution is 2.27. The number of nitrogens with zero attached hydrogens (tertiary/aromatic N) is 2. The van der Waals surface area contributed by atoms with E-state index in [0.29, 0.717) is 13.2 Å². The summed E-state index contributed by atoms with van der Waals surface area (Å²) >= 11 is 0. The predicted molar refractivity (Wildman–Crippen MR) is 107 cm³/mol. The van der Waals surface area contributed by atoms with E-state index in [1.807, 2.05) is 54.6 Å². The fraction of sp³-hybridized carbons (Fsp3) is 0.0870. The Hall–Kier alpha value is -3.53. The molecule has 4 heteroatoms. The van der Waals surface area contributed by atoms with Crippen LogP contribution in [0.25, 0.3) is 33.4 Å². The van der Waals surface area contributed by atoms with E-state index in [1.54, 1.807) is 6.26 Å². The van der Waals surface area contributed by atoms with Crippen molar-refractivity contribution in [1.82, 2.24) is 9.55 Å². The maximum atomic E-state index is 6.13. The number of aromatic nitrogens is 2. The minimum absolute atomic E-state index is 0.544. The Bertz CT molecular complexity index is 1200. The van der Waals surface area contributed by atoms with Crippen molar-refractivity contribution in [2.75, 3.05) is 6.61 Å². The van der Waals surface area contributed by atoms with Gasteiger partial charge in [0.15, 0.2) is 11.6 Å². The molecule has 132 valence electrons. The number of hydrogen-bond donors (Lipinski definition) is 0. The van der Waals surface area contributed by atoms with Crippen molar-refractivity contribution in [1.29, 1.82) is 0 Å². The zero-order chi connectivity index (χ0) is 18.1. The molecule has 5 rings (SSSR count). The van der Waals surface area contributed by atoms with Gasteiger partial charge in [-0.2, -0.15) is 0 Å². The standard InChI is InChI=1S/C23H18N2O2/c1-2-9-18-17(7-1)8-5-12-21(18)27-16-14-25-20-11-4-3-10-19(20)24-23(25)22-13-6-15-26-22/h1-13,15H,14,16H2. The van der Waals surface area contributed by atoms with Crippen LogP contribution in [0.4, 0.5) is 0 Å². The minimum atomic E-state index is 0.544. The van der Waals surface area contributed by atoms with Crippen LogP contribution in [-0.2, 0) is 6.54 Å². The zero-order valence-electron chi connectivity index (χ0n) is 14.7. The summed E-state index contributed by atoms with van der Waals surface area (Å²) < 4.78 is 13.9. The van der Waals surface area contributed by atoms with Crippen molar-refractivity contribution in [3.63, 3.8) is 0 Å². The van der Waals surface area contributed by atoms with Gasteiger partial charge in [-0.05, 0) is 35.7 Å². The summed E-state index contributed by atoms with van der Waals surface area (Å²) in [5.41, 5.74) is 2.03. The Morgan fingerprint density at radius 3 is 2.63 bits per heavy atom. The molecule has 2 aromatic heterocycles. The molecule has 0 radical (unpaired) electrons. The van der Waals surface area contributed by atoms with Crippen LogP contribution in [0.5, 0.6) is 5.75 Å². The van der Waals surface area contributed by atoms with Gasteiger partial charge in [0.1, 0.15) is 12.4 Å². The van der Waals surface area contributed by atoms with E-state index in [2.05, 4.69) is 28.8 Å². The maximum Gasteiger partial charge on any atom is 0.177 e. The minimum Gasteiger partial charge on any atom is -0.491 e. The van der Waals surface area contributed by atoms with Crippen LogP contribution in [0.3, 0.4) is 0 Å². The van der Waals surface area contributed by atoms with Crippen molar-refractivity contribution in [2.45, 2.75) is 6.54 Å². The Balaban J connectivity index is 1.46. The van der Waals surface area contributed by atoms with Crippen molar-refractivity contribution >= 4 is 21.8 Å². The van der Waals surface area contributed by atoms with Gasteiger partial charge in [-0.25, -0.2) is 4.98 Å². The summed E-state index contributed by atoms with van der Waals surface area (Å²) in [6.07, 6.45) is 1.67. The first-order valence-corrected chi connectivity index (χ1v) is 9.00. The second-order valence-corrected chi connectivity index (χ2v) is 6.38. The van der Waals surface area contributed by atoms with Gasteiger partial charge in [0, 0.05) is 5.39 Å². The highest BCUT2D eigenvalue weighted by atomic mass is 16.5. The van der Waals surface area contributed by atoms with Gasteiger partial charge < -0.3 is 13.7 Å². The molecule has 0 N–H and O–H groups in total. The Morgan fingerprint density at radius 2 is 1.70 bits per heavy atom. The molecule has 0 unspecified atom stereocenters. The number of benzene rings is 3. The third-order valence-corrected chi connectivity index (χ3v) is 4.72. The molecule has 0 spiro atoms. The van der Waals surface area contributed by atoms with E-state index in [9.17, 15) is 0 Å². The first-order chi connectivity index (χ1) is 13.4. The van der Waals surface area contributed by atoms with Crippen molar-refractivity contribution in [3.05, 3.63) is 85.1 Å². The number of imidazole rings is 1. The molecular weight excluding hydrogens is 336 g/mol. The lowest BCUT2D eigenvalue weighted by Gasteiger charge is -2.11. The van der Waals surface area contributed by atoms with Crippen LogP contribution in [0.2, 0.25) is 0 Å². The van der Waals surface area contributed by atoms with Gasteiger partial charge in [0.25, 0.3) is 0 Å². The van der Waals surface area contributed by atoms with Crippen molar-refractivity contribution < 1.29 is 9.15 Å². The molecule has 0 fully saturated rings. The predicted octanol–water partition coefficient (Wildman–Crippen LogP) is 5.53. The molecule has 27 heavy (non-hydrogen) atoms. The van der Waals surface area contributed by atoms with Gasteiger partial charge in [0.2, 0.25) is 0 Å². The fourth-order valence-electron chi connectivity index (χ4n) is 3.46. The lowest BCUT2D eigenvalue weighted by Crippen LogP contribution is -2.09. The van der Waals surface area contributed by atoms with Crippen molar-refractivity contribution in [3.8, 4) is 17.3 Å². The zero-order valence-corrected chi connectivity index (χ0v) is 14.7. The molecule has 0 saturated carbocycles. The summed E-state index contributed by atoms with van der Waals surface area (Å²) in [7, 11) is 0. The van der Waals surface area contributed by atoms with Gasteiger partial charge in [0.05, 0.1) is 23.8 Å².